The second-order valence-electron chi connectivity index (χ2n) is 3.52. The summed E-state index contributed by atoms with van der Waals surface area (Å²) in [4.78, 5) is 10.7. The van der Waals surface area contributed by atoms with Crippen molar-refractivity contribution in [1.29, 1.82) is 0 Å². The number of nitrogens with zero attached hydrogens (tertiary/aromatic N) is 2. The number of hydrogen-bond donors (Lipinski definition) is 3. The molecule has 1 rings (SSSR count). The van der Waals surface area contributed by atoms with Crippen LogP contribution in [-0.2, 0) is 18.4 Å². The lowest BCUT2D eigenvalue weighted by Gasteiger charge is -2.08. The molecule has 15 heavy (non-hydrogen) atoms. The SMILES string of the molecule is Cc1c(CNCC(N)C(N)=O)cnn1C. The topological polar surface area (TPSA) is 99.0 Å². The van der Waals surface area contributed by atoms with Crippen LogP contribution in [-0.4, -0.2) is 28.3 Å². The summed E-state index contributed by atoms with van der Waals surface area (Å²) in [6, 6.07) is -0.637. The molecular formula is C9H17N5O. The molecule has 1 amide bonds. The Morgan fingerprint density at radius 2 is 2.40 bits per heavy atom. The number of nitrogens with two attached hydrogens (primary N) is 2. The minimum atomic E-state index is -0.637. The van der Waals surface area contributed by atoms with Gasteiger partial charge in [0.25, 0.3) is 0 Å². The van der Waals surface area contributed by atoms with E-state index in [4.69, 9.17) is 11.5 Å². The van der Waals surface area contributed by atoms with E-state index < -0.39 is 11.9 Å². The minimum Gasteiger partial charge on any atom is -0.368 e. The summed E-state index contributed by atoms with van der Waals surface area (Å²) in [5.74, 6) is -0.495. The third-order valence-electron chi connectivity index (χ3n) is 2.38. The van der Waals surface area contributed by atoms with Gasteiger partial charge in [-0.25, -0.2) is 0 Å². The molecule has 1 aromatic heterocycles. The summed E-state index contributed by atoms with van der Waals surface area (Å²) in [5.41, 5.74) is 12.7. The average Bonchev–Trinajstić information content (AvgIpc) is 2.49. The van der Waals surface area contributed by atoms with Crippen molar-refractivity contribution in [1.82, 2.24) is 15.1 Å². The maximum atomic E-state index is 10.7. The van der Waals surface area contributed by atoms with E-state index in [1.807, 2.05) is 14.0 Å². The average molecular weight is 211 g/mol. The van der Waals surface area contributed by atoms with Gasteiger partial charge in [-0.15, -0.1) is 0 Å². The number of carbonyl (C=O) groups excluding carboxylic acids is 1. The van der Waals surface area contributed by atoms with Crippen LogP contribution in [0.4, 0.5) is 0 Å². The van der Waals surface area contributed by atoms with Crippen molar-refractivity contribution in [2.24, 2.45) is 18.5 Å². The summed E-state index contributed by atoms with van der Waals surface area (Å²) in [5, 5.41) is 7.16. The highest BCUT2D eigenvalue weighted by molar-refractivity contribution is 5.79. The Labute approximate surface area is 88.6 Å². The number of carbonyl (C=O) groups is 1. The monoisotopic (exact) mass is 211 g/mol. The van der Waals surface area contributed by atoms with Crippen LogP contribution >= 0.6 is 0 Å². The van der Waals surface area contributed by atoms with E-state index in [0.717, 1.165) is 11.3 Å². The first kappa shape index (κ1) is 11.7. The molecule has 6 nitrogen and oxygen atoms in total. The molecule has 1 heterocycles. The lowest BCUT2D eigenvalue weighted by atomic mass is 10.2. The van der Waals surface area contributed by atoms with Crippen LogP contribution in [0.2, 0.25) is 0 Å². The van der Waals surface area contributed by atoms with Gasteiger partial charge in [-0.05, 0) is 6.92 Å². The van der Waals surface area contributed by atoms with Crippen LogP contribution in [0.5, 0.6) is 0 Å². The molecule has 1 atom stereocenters. The first-order valence-corrected chi connectivity index (χ1v) is 4.75. The summed E-state index contributed by atoms with van der Waals surface area (Å²) in [6.07, 6.45) is 1.79. The van der Waals surface area contributed by atoms with Gasteiger partial charge in [-0.1, -0.05) is 0 Å². The van der Waals surface area contributed by atoms with Gasteiger partial charge in [0.1, 0.15) is 0 Å². The Kier molecular flexibility index (Phi) is 3.81. The predicted octanol–water partition coefficient (Wildman–Crippen LogP) is -1.37. The van der Waals surface area contributed by atoms with E-state index in [0.29, 0.717) is 13.1 Å². The third kappa shape index (κ3) is 3.03. The quantitative estimate of drug-likeness (QED) is 0.559. The molecule has 0 saturated carbocycles. The number of nitrogens with one attached hydrogen (secondary N) is 1. The van der Waals surface area contributed by atoms with Gasteiger partial charge in [0.05, 0.1) is 12.2 Å². The molecule has 5 N–H and O–H groups in total. The van der Waals surface area contributed by atoms with Crippen molar-refractivity contribution in [2.75, 3.05) is 6.54 Å². The number of amides is 1. The fourth-order valence-corrected chi connectivity index (χ4v) is 1.18. The van der Waals surface area contributed by atoms with Crippen molar-refractivity contribution in [3.05, 3.63) is 17.5 Å². The Morgan fingerprint density at radius 1 is 1.73 bits per heavy atom. The van der Waals surface area contributed by atoms with Gasteiger partial charge in [0, 0.05) is 31.4 Å². The molecule has 0 aliphatic rings. The highest BCUT2D eigenvalue weighted by Gasteiger charge is 2.09. The van der Waals surface area contributed by atoms with Crippen molar-refractivity contribution < 1.29 is 4.79 Å². The molecule has 0 saturated heterocycles. The van der Waals surface area contributed by atoms with Gasteiger partial charge >= 0.3 is 0 Å². The first-order valence-electron chi connectivity index (χ1n) is 4.75. The van der Waals surface area contributed by atoms with Crippen LogP contribution in [0.25, 0.3) is 0 Å². The molecule has 0 radical (unpaired) electrons. The third-order valence-corrected chi connectivity index (χ3v) is 2.38. The van der Waals surface area contributed by atoms with Gasteiger partial charge in [0.15, 0.2) is 0 Å². The van der Waals surface area contributed by atoms with Gasteiger partial charge in [-0.3, -0.25) is 9.48 Å². The highest BCUT2D eigenvalue weighted by atomic mass is 16.1. The molecule has 84 valence electrons. The predicted molar refractivity (Wildman–Crippen MR) is 56.8 cm³/mol. The smallest absolute Gasteiger partial charge is 0.235 e. The number of aromatic nitrogens is 2. The lowest BCUT2D eigenvalue weighted by Crippen LogP contribution is -2.44. The standard InChI is InChI=1S/C9H17N5O/c1-6-7(4-13-14(6)2)3-12-5-8(10)9(11)15/h4,8,12H,3,5,10H2,1-2H3,(H2,11,15). The molecule has 1 aromatic rings. The van der Waals surface area contributed by atoms with Gasteiger partial charge in [0.2, 0.25) is 5.91 Å². The number of hydrogen-bond acceptors (Lipinski definition) is 4. The maximum absolute atomic E-state index is 10.7. The highest BCUT2D eigenvalue weighted by Crippen LogP contribution is 2.04. The summed E-state index contributed by atoms with van der Waals surface area (Å²) >= 11 is 0. The number of rotatable bonds is 5. The van der Waals surface area contributed by atoms with Crippen molar-refractivity contribution in [3.8, 4) is 0 Å². The molecule has 6 heteroatoms. The van der Waals surface area contributed by atoms with Crippen LogP contribution in [0, 0.1) is 6.92 Å². The zero-order valence-electron chi connectivity index (χ0n) is 9.03. The number of primary amides is 1. The molecule has 0 fully saturated rings. The zero-order valence-corrected chi connectivity index (χ0v) is 9.03. The van der Waals surface area contributed by atoms with Crippen LogP contribution in [0.3, 0.4) is 0 Å². The molecule has 0 spiro atoms. The largest absolute Gasteiger partial charge is 0.368 e. The minimum absolute atomic E-state index is 0.379. The zero-order chi connectivity index (χ0) is 11.4. The second kappa shape index (κ2) is 4.90. The molecular weight excluding hydrogens is 194 g/mol. The fraction of sp³-hybridized carbons (Fsp3) is 0.556. The van der Waals surface area contributed by atoms with Crippen LogP contribution in [0.15, 0.2) is 6.20 Å². The normalized spacial score (nSPS) is 12.7. The summed E-state index contributed by atoms with van der Waals surface area (Å²) in [6.45, 7) is 3.00. The molecule has 0 aromatic carbocycles. The van der Waals surface area contributed by atoms with E-state index >= 15 is 0 Å². The van der Waals surface area contributed by atoms with Crippen molar-refractivity contribution in [3.63, 3.8) is 0 Å². The maximum Gasteiger partial charge on any atom is 0.235 e. The van der Waals surface area contributed by atoms with Gasteiger partial charge in [-0.2, -0.15) is 5.10 Å². The fourth-order valence-electron chi connectivity index (χ4n) is 1.18. The van der Waals surface area contributed by atoms with E-state index in [1.165, 1.54) is 0 Å². The van der Waals surface area contributed by atoms with Crippen LogP contribution in [0.1, 0.15) is 11.3 Å². The Balaban J connectivity index is 2.38. The summed E-state index contributed by atoms with van der Waals surface area (Å²) in [7, 11) is 1.88. The molecule has 0 aliphatic heterocycles. The molecule has 1 unspecified atom stereocenters. The van der Waals surface area contributed by atoms with E-state index in [9.17, 15) is 4.79 Å². The Morgan fingerprint density at radius 3 is 2.87 bits per heavy atom. The summed E-state index contributed by atoms with van der Waals surface area (Å²) < 4.78 is 1.80. The van der Waals surface area contributed by atoms with Crippen LogP contribution < -0.4 is 16.8 Å². The van der Waals surface area contributed by atoms with E-state index in [2.05, 4.69) is 10.4 Å². The number of aryl methyl sites for hydroxylation is 1. The van der Waals surface area contributed by atoms with Gasteiger partial charge < -0.3 is 16.8 Å². The Bertz CT molecular complexity index is 346. The Hall–Kier alpha value is -1.40. The van der Waals surface area contributed by atoms with Crippen molar-refractivity contribution in [2.45, 2.75) is 19.5 Å². The molecule has 0 bridgehead atoms. The lowest BCUT2D eigenvalue weighted by molar-refractivity contribution is -0.119. The second-order valence-corrected chi connectivity index (χ2v) is 3.52. The first-order chi connectivity index (χ1) is 7.02. The van der Waals surface area contributed by atoms with E-state index in [1.54, 1.807) is 10.9 Å². The van der Waals surface area contributed by atoms with E-state index in [-0.39, 0.29) is 0 Å². The molecule has 0 aliphatic carbocycles. The van der Waals surface area contributed by atoms with Crippen molar-refractivity contribution >= 4 is 5.91 Å².